The van der Waals surface area contributed by atoms with E-state index in [1.54, 1.807) is 12.1 Å². The first-order valence-corrected chi connectivity index (χ1v) is 6.10. The van der Waals surface area contributed by atoms with Crippen molar-refractivity contribution in [2.75, 3.05) is 0 Å². The lowest BCUT2D eigenvalue weighted by molar-refractivity contribution is 0.00637. The number of carbonyl (C=O) groups is 1. The zero-order valence-electron chi connectivity index (χ0n) is 9.93. The monoisotopic (exact) mass is 230 g/mol. The Balaban J connectivity index is 2.12. The third-order valence-electron chi connectivity index (χ3n) is 3.65. The number of carbonyl (C=O) groups excluding carboxylic acids is 1. The van der Waals surface area contributed by atoms with E-state index in [1.165, 1.54) is 0 Å². The highest BCUT2D eigenvalue weighted by Crippen LogP contribution is 2.34. The Kier molecular flexibility index (Phi) is 3.43. The van der Waals surface area contributed by atoms with Crippen molar-refractivity contribution in [2.45, 2.75) is 31.3 Å². The minimum Gasteiger partial charge on any atom is -0.382 e. The summed E-state index contributed by atoms with van der Waals surface area (Å²) >= 11 is 0. The first-order valence-electron chi connectivity index (χ1n) is 6.10. The zero-order valence-corrected chi connectivity index (χ0v) is 9.93. The molecule has 0 aromatic heterocycles. The largest absolute Gasteiger partial charge is 0.382 e. The van der Waals surface area contributed by atoms with Crippen LogP contribution >= 0.6 is 0 Å². The van der Waals surface area contributed by atoms with Gasteiger partial charge in [-0.05, 0) is 31.6 Å². The summed E-state index contributed by atoms with van der Waals surface area (Å²) in [4.78, 5) is 12.2. The average molecular weight is 230 g/mol. The topological polar surface area (TPSA) is 37.3 Å². The van der Waals surface area contributed by atoms with Crippen LogP contribution in [0.2, 0.25) is 0 Å². The minimum atomic E-state index is -1.17. The number of Topliss-reactive ketones (excluding diaryl/α,β-unsaturated/α-hetero) is 1. The average Bonchev–Trinajstić information content (AvgIpc) is 2.40. The van der Waals surface area contributed by atoms with Crippen molar-refractivity contribution in [1.29, 1.82) is 0 Å². The molecule has 2 heteroatoms. The lowest BCUT2D eigenvalue weighted by Crippen LogP contribution is -2.42. The second-order valence-corrected chi connectivity index (χ2v) is 4.80. The molecule has 90 valence electrons. The molecule has 0 aliphatic heterocycles. The molecule has 1 aliphatic carbocycles. The molecule has 2 rings (SSSR count). The lowest BCUT2D eigenvalue weighted by atomic mass is 9.75. The summed E-state index contributed by atoms with van der Waals surface area (Å²) in [6.07, 6.45) is 4.69. The molecule has 0 bridgehead atoms. The zero-order chi connectivity index (χ0) is 12.3. The van der Waals surface area contributed by atoms with Gasteiger partial charge in [-0.25, -0.2) is 0 Å². The van der Waals surface area contributed by atoms with Gasteiger partial charge in [0.05, 0.1) is 0 Å². The van der Waals surface area contributed by atoms with Gasteiger partial charge < -0.3 is 5.11 Å². The van der Waals surface area contributed by atoms with Crippen LogP contribution in [0.25, 0.3) is 0 Å². The summed E-state index contributed by atoms with van der Waals surface area (Å²) < 4.78 is 0. The van der Waals surface area contributed by atoms with Crippen LogP contribution in [0.5, 0.6) is 0 Å². The summed E-state index contributed by atoms with van der Waals surface area (Å²) in [5.74, 6) is 0.305. The van der Waals surface area contributed by atoms with Gasteiger partial charge in [-0.15, -0.1) is 6.58 Å². The highest BCUT2D eigenvalue weighted by atomic mass is 16.3. The van der Waals surface area contributed by atoms with Crippen LogP contribution in [-0.2, 0) is 0 Å². The van der Waals surface area contributed by atoms with E-state index in [4.69, 9.17) is 0 Å². The number of benzene rings is 1. The van der Waals surface area contributed by atoms with E-state index in [-0.39, 0.29) is 5.78 Å². The molecule has 1 saturated carbocycles. The quantitative estimate of drug-likeness (QED) is 0.640. The molecular formula is C15H18O2. The molecule has 1 aliphatic rings. The molecule has 0 heterocycles. The van der Waals surface area contributed by atoms with Crippen molar-refractivity contribution in [1.82, 2.24) is 0 Å². The molecule has 0 spiro atoms. The van der Waals surface area contributed by atoms with E-state index < -0.39 is 5.60 Å². The third-order valence-corrected chi connectivity index (χ3v) is 3.65. The lowest BCUT2D eigenvalue weighted by Gasteiger charge is -2.33. The van der Waals surface area contributed by atoms with Gasteiger partial charge in [-0.3, -0.25) is 4.79 Å². The SMILES string of the molecule is C=CC1CCC(O)(C(=O)c2ccccc2)CC1. The normalized spacial score (nSPS) is 28.6. The molecule has 1 aromatic carbocycles. The molecule has 0 atom stereocenters. The van der Waals surface area contributed by atoms with E-state index in [0.29, 0.717) is 24.3 Å². The van der Waals surface area contributed by atoms with Crippen molar-refractivity contribution < 1.29 is 9.90 Å². The van der Waals surface area contributed by atoms with E-state index >= 15 is 0 Å². The molecule has 17 heavy (non-hydrogen) atoms. The second-order valence-electron chi connectivity index (χ2n) is 4.80. The Morgan fingerprint density at radius 3 is 2.41 bits per heavy atom. The van der Waals surface area contributed by atoms with Crippen molar-refractivity contribution >= 4 is 5.78 Å². The number of hydrogen-bond acceptors (Lipinski definition) is 2. The first kappa shape index (κ1) is 12.1. The van der Waals surface area contributed by atoms with Crippen LogP contribution in [0.4, 0.5) is 0 Å². The molecule has 0 radical (unpaired) electrons. The summed E-state index contributed by atoms with van der Waals surface area (Å²) in [5.41, 5.74) is -0.562. The Morgan fingerprint density at radius 2 is 1.88 bits per heavy atom. The molecular weight excluding hydrogens is 212 g/mol. The van der Waals surface area contributed by atoms with Crippen LogP contribution in [0.1, 0.15) is 36.0 Å². The molecule has 0 amide bonds. The van der Waals surface area contributed by atoms with Crippen molar-refractivity contribution in [2.24, 2.45) is 5.92 Å². The molecule has 1 aromatic rings. The van der Waals surface area contributed by atoms with E-state index in [9.17, 15) is 9.90 Å². The van der Waals surface area contributed by atoms with Crippen LogP contribution in [0.15, 0.2) is 43.0 Å². The highest BCUT2D eigenvalue weighted by Gasteiger charge is 2.39. The van der Waals surface area contributed by atoms with Crippen molar-refractivity contribution in [3.8, 4) is 0 Å². The number of hydrogen-bond donors (Lipinski definition) is 1. The number of ketones is 1. The van der Waals surface area contributed by atoms with Crippen LogP contribution < -0.4 is 0 Å². The predicted molar refractivity (Wildman–Crippen MR) is 67.9 cm³/mol. The van der Waals surface area contributed by atoms with E-state index in [2.05, 4.69) is 6.58 Å². The predicted octanol–water partition coefficient (Wildman–Crippen LogP) is 2.98. The molecule has 2 nitrogen and oxygen atoms in total. The summed E-state index contributed by atoms with van der Waals surface area (Å²) in [6, 6.07) is 9.05. The van der Waals surface area contributed by atoms with E-state index in [1.807, 2.05) is 24.3 Å². The van der Waals surface area contributed by atoms with Gasteiger partial charge in [-0.2, -0.15) is 0 Å². The van der Waals surface area contributed by atoms with E-state index in [0.717, 1.165) is 12.8 Å². The van der Waals surface area contributed by atoms with Crippen molar-refractivity contribution in [3.05, 3.63) is 48.6 Å². The Hall–Kier alpha value is -1.41. The van der Waals surface area contributed by atoms with Crippen LogP contribution in [0.3, 0.4) is 0 Å². The van der Waals surface area contributed by atoms with Gasteiger partial charge in [0.15, 0.2) is 5.78 Å². The fourth-order valence-electron chi connectivity index (χ4n) is 2.44. The minimum absolute atomic E-state index is 0.138. The number of aliphatic hydroxyl groups is 1. The Bertz CT molecular complexity index is 400. The Morgan fingerprint density at radius 1 is 1.29 bits per heavy atom. The van der Waals surface area contributed by atoms with Gasteiger partial charge in [0, 0.05) is 5.56 Å². The fourth-order valence-corrected chi connectivity index (χ4v) is 2.44. The van der Waals surface area contributed by atoms with Gasteiger partial charge in [0.2, 0.25) is 0 Å². The van der Waals surface area contributed by atoms with Gasteiger partial charge in [0.25, 0.3) is 0 Å². The summed E-state index contributed by atoms with van der Waals surface area (Å²) in [7, 11) is 0. The molecule has 0 unspecified atom stereocenters. The number of rotatable bonds is 3. The third kappa shape index (κ3) is 2.47. The van der Waals surface area contributed by atoms with Gasteiger partial charge in [-0.1, -0.05) is 36.4 Å². The van der Waals surface area contributed by atoms with Crippen LogP contribution in [0, 0.1) is 5.92 Å². The van der Waals surface area contributed by atoms with Crippen LogP contribution in [-0.4, -0.2) is 16.5 Å². The summed E-state index contributed by atoms with van der Waals surface area (Å²) in [5, 5.41) is 10.4. The molecule has 1 N–H and O–H groups in total. The molecule has 1 fully saturated rings. The van der Waals surface area contributed by atoms with Gasteiger partial charge in [0.1, 0.15) is 5.60 Å². The Labute approximate surface area is 102 Å². The maximum Gasteiger partial charge on any atom is 0.194 e. The smallest absolute Gasteiger partial charge is 0.194 e. The van der Waals surface area contributed by atoms with Gasteiger partial charge >= 0.3 is 0 Å². The highest BCUT2D eigenvalue weighted by molar-refractivity contribution is 6.02. The maximum atomic E-state index is 12.2. The first-order chi connectivity index (χ1) is 8.15. The molecule has 0 saturated heterocycles. The maximum absolute atomic E-state index is 12.2. The second kappa shape index (κ2) is 4.84. The summed E-state index contributed by atoms with van der Waals surface area (Å²) in [6.45, 7) is 3.77. The standard InChI is InChI=1S/C15H18O2/c1-2-12-8-10-15(17,11-9-12)14(16)13-6-4-3-5-7-13/h2-7,12,17H,1,8-11H2. The fraction of sp³-hybridized carbons (Fsp3) is 0.400. The number of allylic oxidation sites excluding steroid dienone is 1. The van der Waals surface area contributed by atoms with Crippen molar-refractivity contribution in [3.63, 3.8) is 0 Å².